The molecule has 2 nitrogen and oxygen atoms in total. The van der Waals surface area contributed by atoms with E-state index in [1.165, 1.54) is 18.2 Å². The summed E-state index contributed by atoms with van der Waals surface area (Å²) in [4.78, 5) is 12.5. The predicted molar refractivity (Wildman–Crippen MR) is 102 cm³/mol. The number of para-hydroxylation sites is 1. The van der Waals surface area contributed by atoms with Gasteiger partial charge in [0.25, 0.3) is 5.91 Å². The van der Waals surface area contributed by atoms with Gasteiger partial charge < -0.3 is 5.32 Å². The molecule has 140 valence electrons. The Morgan fingerprint density at radius 3 is 2.23 bits per heavy atom. The molecular formula is C20H24F3NOSi. The number of alkyl halides is 3. The monoisotopic (exact) mass is 379 g/mol. The van der Waals surface area contributed by atoms with Crippen molar-refractivity contribution in [1.29, 1.82) is 0 Å². The highest BCUT2D eigenvalue weighted by atomic mass is 28.3. The van der Waals surface area contributed by atoms with Crippen LogP contribution in [0.25, 0.3) is 0 Å². The van der Waals surface area contributed by atoms with E-state index >= 15 is 0 Å². The molecule has 2 rings (SSSR count). The fourth-order valence-electron chi connectivity index (χ4n) is 3.19. The topological polar surface area (TPSA) is 29.1 Å². The average molecular weight is 379 g/mol. The van der Waals surface area contributed by atoms with Crippen LogP contribution in [0.15, 0.2) is 48.5 Å². The van der Waals surface area contributed by atoms with Crippen molar-refractivity contribution in [2.45, 2.75) is 44.7 Å². The van der Waals surface area contributed by atoms with E-state index in [2.05, 4.69) is 31.9 Å². The maximum Gasteiger partial charge on any atom is 0.417 e. The van der Waals surface area contributed by atoms with Crippen molar-refractivity contribution in [3.8, 4) is 0 Å². The molecule has 6 heteroatoms. The van der Waals surface area contributed by atoms with Gasteiger partial charge >= 0.3 is 6.18 Å². The summed E-state index contributed by atoms with van der Waals surface area (Å²) in [6.45, 7) is 8.89. The van der Waals surface area contributed by atoms with E-state index in [1.54, 1.807) is 12.1 Å². The molecule has 0 aromatic heterocycles. The van der Waals surface area contributed by atoms with Crippen LogP contribution in [-0.2, 0) is 6.18 Å². The van der Waals surface area contributed by atoms with E-state index in [9.17, 15) is 18.0 Å². The van der Waals surface area contributed by atoms with E-state index in [0.29, 0.717) is 5.69 Å². The van der Waals surface area contributed by atoms with Gasteiger partial charge in [0, 0.05) is 13.8 Å². The highest BCUT2D eigenvalue weighted by molar-refractivity contribution is 6.76. The van der Waals surface area contributed by atoms with Gasteiger partial charge in [-0.15, -0.1) is 0 Å². The molecule has 0 saturated heterocycles. The number of hydrogen-bond donors (Lipinski definition) is 1. The highest BCUT2D eigenvalue weighted by Gasteiger charge is 2.35. The first-order valence-corrected chi connectivity index (χ1v) is 12.3. The molecule has 0 aliphatic carbocycles. The maximum absolute atomic E-state index is 13.2. The normalized spacial score (nSPS) is 13.3. The number of halogens is 3. The molecule has 26 heavy (non-hydrogen) atoms. The molecule has 0 bridgehead atoms. The van der Waals surface area contributed by atoms with E-state index in [0.717, 1.165) is 17.7 Å². The Balaban J connectivity index is 2.32. The summed E-state index contributed by atoms with van der Waals surface area (Å²) in [5.41, 5.74) is 0.228. The lowest BCUT2D eigenvalue weighted by Crippen LogP contribution is -2.23. The van der Waals surface area contributed by atoms with Crippen molar-refractivity contribution < 1.29 is 18.0 Å². The van der Waals surface area contributed by atoms with E-state index in [-0.39, 0.29) is 11.5 Å². The molecular weight excluding hydrogens is 355 g/mol. The number of nitrogens with one attached hydrogen (secondary N) is 1. The summed E-state index contributed by atoms with van der Waals surface area (Å²) in [6.07, 6.45) is -4.57. The minimum Gasteiger partial charge on any atom is -0.322 e. The molecule has 1 atom stereocenters. The molecule has 1 amide bonds. The third-order valence-corrected chi connectivity index (χ3v) is 5.97. The van der Waals surface area contributed by atoms with Crippen molar-refractivity contribution in [3.05, 3.63) is 65.2 Å². The van der Waals surface area contributed by atoms with Crippen molar-refractivity contribution >= 4 is 19.7 Å². The number of rotatable bonds is 5. The maximum atomic E-state index is 13.2. The van der Waals surface area contributed by atoms with Crippen LogP contribution < -0.4 is 5.32 Å². The Hall–Kier alpha value is -2.08. The molecule has 0 spiro atoms. The smallest absolute Gasteiger partial charge is 0.322 e. The van der Waals surface area contributed by atoms with Gasteiger partial charge in [0.05, 0.1) is 11.1 Å². The van der Waals surface area contributed by atoms with E-state index < -0.39 is 25.7 Å². The Morgan fingerprint density at radius 2 is 1.62 bits per heavy atom. The predicted octanol–water partition coefficient (Wildman–Crippen LogP) is 6.40. The number of benzene rings is 2. The van der Waals surface area contributed by atoms with Crippen molar-refractivity contribution in [3.63, 3.8) is 0 Å². The second-order valence-electron chi connectivity index (χ2n) is 7.75. The third kappa shape index (κ3) is 5.21. The van der Waals surface area contributed by atoms with Crippen LogP contribution in [0.5, 0.6) is 0 Å². The first-order chi connectivity index (χ1) is 12.0. The number of carbonyl (C=O) groups is 1. The lowest BCUT2D eigenvalue weighted by Gasteiger charge is -2.24. The zero-order valence-electron chi connectivity index (χ0n) is 15.4. The number of anilines is 1. The van der Waals surface area contributed by atoms with Crippen LogP contribution in [0.2, 0.25) is 25.7 Å². The zero-order chi connectivity index (χ0) is 19.5. The van der Waals surface area contributed by atoms with Crippen LogP contribution in [0, 0.1) is 0 Å². The minimum absolute atomic E-state index is 0.219. The number of carbonyl (C=O) groups excluding carboxylic acids is 1. The largest absolute Gasteiger partial charge is 0.417 e. The lowest BCUT2D eigenvalue weighted by atomic mass is 10.00. The molecule has 1 unspecified atom stereocenters. The summed E-state index contributed by atoms with van der Waals surface area (Å²) >= 11 is 0. The van der Waals surface area contributed by atoms with E-state index in [4.69, 9.17) is 0 Å². The number of hydrogen-bond acceptors (Lipinski definition) is 1. The second kappa shape index (κ2) is 7.66. The fourth-order valence-corrected chi connectivity index (χ4v) is 5.24. The van der Waals surface area contributed by atoms with Crippen LogP contribution in [0.1, 0.15) is 34.3 Å². The molecule has 2 aromatic rings. The lowest BCUT2D eigenvalue weighted by molar-refractivity contribution is -0.137. The molecule has 0 aliphatic rings. The van der Waals surface area contributed by atoms with Crippen molar-refractivity contribution in [2.75, 3.05) is 5.32 Å². The second-order valence-corrected chi connectivity index (χ2v) is 13.3. The molecule has 0 heterocycles. The van der Waals surface area contributed by atoms with Gasteiger partial charge in [-0.2, -0.15) is 13.2 Å². The first-order valence-electron chi connectivity index (χ1n) is 8.55. The molecule has 0 fully saturated rings. The van der Waals surface area contributed by atoms with Crippen molar-refractivity contribution in [2.24, 2.45) is 0 Å². The molecule has 2 aromatic carbocycles. The SMILES string of the molecule is CC(C[Si](C)(C)C)c1ccccc1NC(=O)c1ccccc1C(F)(F)F. The van der Waals surface area contributed by atoms with Gasteiger partial charge in [-0.25, -0.2) is 0 Å². The minimum atomic E-state index is -4.57. The Morgan fingerprint density at radius 1 is 1.04 bits per heavy atom. The van der Waals surface area contributed by atoms with Crippen LogP contribution in [-0.4, -0.2) is 14.0 Å². The van der Waals surface area contributed by atoms with Gasteiger partial charge in [0.1, 0.15) is 0 Å². The Kier molecular flexibility index (Phi) is 5.96. The highest BCUT2D eigenvalue weighted by Crippen LogP contribution is 2.34. The van der Waals surface area contributed by atoms with Crippen LogP contribution >= 0.6 is 0 Å². The van der Waals surface area contributed by atoms with E-state index in [1.807, 2.05) is 12.1 Å². The molecule has 0 aliphatic heterocycles. The van der Waals surface area contributed by atoms with Gasteiger partial charge in [0.2, 0.25) is 0 Å². The van der Waals surface area contributed by atoms with Crippen LogP contribution in [0.4, 0.5) is 18.9 Å². The van der Waals surface area contributed by atoms with Crippen LogP contribution in [0.3, 0.4) is 0 Å². The quantitative estimate of drug-likeness (QED) is 0.598. The summed E-state index contributed by atoms with van der Waals surface area (Å²) in [5, 5.41) is 2.68. The summed E-state index contributed by atoms with van der Waals surface area (Å²) < 4.78 is 39.5. The standard InChI is InChI=1S/C20H24F3NOSi/c1-14(13-26(2,3)4)15-9-6-8-12-18(15)24-19(25)16-10-5-7-11-17(16)20(21,22)23/h5-12,14H,13H2,1-4H3,(H,24,25). The Labute approximate surface area is 153 Å². The van der Waals surface area contributed by atoms with Crippen molar-refractivity contribution in [1.82, 2.24) is 0 Å². The molecule has 1 N–H and O–H groups in total. The number of amides is 1. The summed E-state index contributed by atoms with van der Waals surface area (Å²) in [6, 6.07) is 13.2. The molecule has 0 saturated carbocycles. The average Bonchev–Trinajstić information content (AvgIpc) is 2.53. The summed E-state index contributed by atoms with van der Waals surface area (Å²) in [5.74, 6) is -0.526. The third-order valence-electron chi connectivity index (χ3n) is 4.14. The zero-order valence-corrected chi connectivity index (χ0v) is 16.4. The first kappa shape index (κ1) is 20.2. The van der Waals surface area contributed by atoms with Gasteiger partial charge in [-0.05, 0) is 29.7 Å². The van der Waals surface area contributed by atoms with Gasteiger partial charge in [0.15, 0.2) is 0 Å². The summed E-state index contributed by atoms with van der Waals surface area (Å²) in [7, 11) is -1.33. The van der Waals surface area contributed by atoms with Gasteiger partial charge in [-0.1, -0.05) is 62.9 Å². The fraction of sp³-hybridized carbons (Fsp3) is 0.350. The van der Waals surface area contributed by atoms with Gasteiger partial charge in [-0.3, -0.25) is 4.79 Å². The Bertz CT molecular complexity index is 781. The molecule has 0 radical (unpaired) electrons.